The van der Waals surface area contributed by atoms with E-state index in [1.54, 1.807) is 0 Å². The van der Waals surface area contributed by atoms with Crippen LogP contribution >= 0.6 is 15.9 Å². The molecule has 0 aliphatic rings. The Morgan fingerprint density at radius 3 is 1.23 bits per heavy atom. The Kier molecular flexibility index (Phi) is 33.4. The summed E-state index contributed by atoms with van der Waals surface area (Å²) in [6.45, 7) is 6.68. The summed E-state index contributed by atoms with van der Waals surface area (Å²) in [5, 5.41) is 0.955. The molecule has 0 saturated carbocycles. The molecular weight excluding hydrogens is 612 g/mol. The smallest absolute Gasteiger partial charge is 0.306 e. The minimum Gasteiger partial charge on any atom is -0.458 e. The lowest BCUT2D eigenvalue weighted by atomic mass is 10.0. The maximum Gasteiger partial charge on any atom is 0.306 e. The first-order chi connectivity index (χ1) is 21.6. The van der Waals surface area contributed by atoms with Crippen LogP contribution in [0.5, 0.6) is 0 Å². The molecule has 0 aliphatic carbocycles. The number of esters is 2. The summed E-state index contributed by atoms with van der Waals surface area (Å²) >= 11 is 3.47. The topological polar surface area (TPSA) is 52.6 Å². The molecule has 0 rings (SSSR count). The fourth-order valence-electron chi connectivity index (χ4n) is 5.12. The van der Waals surface area contributed by atoms with Gasteiger partial charge in [0.1, 0.15) is 12.2 Å². The number of hydrogen-bond donors (Lipinski definition) is 0. The molecule has 0 saturated heterocycles. The van der Waals surface area contributed by atoms with Crippen LogP contribution < -0.4 is 0 Å². The fraction of sp³-hybridized carbons (Fsp3) is 0.795. The molecule has 2 unspecified atom stereocenters. The molecule has 44 heavy (non-hydrogen) atoms. The van der Waals surface area contributed by atoms with Gasteiger partial charge < -0.3 is 9.47 Å². The monoisotopic (exact) mass is 680 g/mol. The first-order valence-corrected chi connectivity index (χ1v) is 19.6. The van der Waals surface area contributed by atoms with E-state index in [1.165, 1.54) is 57.8 Å². The van der Waals surface area contributed by atoms with Gasteiger partial charge in [-0.2, -0.15) is 0 Å². The highest BCUT2D eigenvalue weighted by Gasteiger charge is 2.28. The van der Waals surface area contributed by atoms with Gasteiger partial charge in [0, 0.05) is 18.2 Å². The van der Waals surface area contributed by atoms with Crippen molar-refractivity contribution in [2.24, 2.45) is 0 Å². The highest BCUT2D eigenvalue weighted by atomic mass is 79.9. The number of rotatable bonds is 32. The van der Waals surface area contributed by atoms with Crippen molar-refractivity contribution >= 4 is 27.9 Å². The Hall–Kier alpha value is -1.36. The largest absolute Gasteiger partial charge is 0.458 e. The second-order valence-electron chi connectivity index (χ2n) is 12.2. The Bertz CT molecular complexity index is 730. The molecule has 0 aromatic heterocycles. The van der Waals surface area contributed by atoms with Crippen LogP contribution in [0.15, 0.2) is 36.5 Å². The summed E-state index contributed by atoms with van der Waals surface area (Å²) in [4.78, 5) is 25.9. The van der Waals surface area contributed by atoms with E-state index in [1.807, 2.05) is 0 Å². The van der Waals surface area contributed by atoms with Crippen molar-refractivity contribution in [1.29, 1.82) is 0 Å². The molecule has 0 N–H and O–H groups in total. The number of hydrogen-bond acceptors (Lipinski definition) is 4. The maximum absolute atomic E-state index is 13.0. The molecular formula is C39H69BrO4. The second kappa shape index (κ2) is 34.5. The van der Waals surface area contributed by atoms with Crippen LogP contribution in [0.4, 0.5) is 0 Å². The summed E-state index contributed by atoms with van der Waals surface area (Å²) in [6.07, 6.45) is 37.9. The molecule has 4 nitrogen and oxygen atoms in total. The molecule has 2 atom stereocenters. The molecule has 0 fully saturated rings. The average molecular weight is 682 g/mol. The summed E-state index contributed by atoms with van der Waals surface area (Å²) < 4.78 is 12.2. The number of allylic oxidation sites excluding steroid dienone is 6. The van der Waals surface area contributed by atoms with Crippen LogP contribution in [0.1, 0.15) is 181 Å². The predicted octanol–water partition coefficient (Wildman–Crippen LogP) is 12.7. The number of ether oxygens (including phenoxy) is 2. The average Bonchev–Trinajstić information content (AvgIpc) is 3.02. The van der Waals surface area contributed by atoms with Crippen molar-refractivity contribution in [2.45, 2.75) is 193 Å². The van der Waals surface area contributed by atoms with Crippen LogP contribution in [-0.2, 0) is 19.1 Å². The fourth-order valence-corrected chi connectivity index (χ4v) is 5.52. The normalized spacial score (nSPS) is 13.3. The van der Waals surface area contributed by atoms with Crippen LogP contribution in [0, 0.1) is 0 Å². The molecule has 0 aromatic rings. The van der Waals surface area contributed by atoms with Crippen molar-refractivity contribution < 1.29 is 19.1 Å². The standard InChI is InChI=1S/C39H69BrO4/c1-4-7-10-13-16-19-22-26-31-36(43-38(41)33-28-24-21-18-15-12-9-6-3)37(44-39(42)34-29-25-30-35-40)32-27-23-20-17-14-11-8-5-2/h16-21,36-37H,4-15,22-35H2,1-3H3/b19-16-,20-17-,21-18-. The van der Waals surface area contributed by atoms with Crippen molar-refractivity contribution in [3.63, 3.8) is 0 Å². The van der Waals surface area contributed by atoms with E-state index < -0.39 is 0 Å². The first kappa shape index (κ1) is 42.6. The quantitative estimate of drug-likeness (QED) is 0.0307. The van der Waals surface area contributed by atoms with Gasteiger partial charge in [0.05, 0.1) is 0 Å². The number of carbonyl (C=O) groups is 2. The van der Waals surface area contributed by atoms with Gasteiger partial charge in [-0.25, -0.2) is 0 Å². The summed E-state index contributed by atoms with van der Waals surface area (Å²) in [7, 11) is 0. The molecule has 0 amide bonds. The van der Waals surface area contributed by atoms with Gasteiger partial charge in [-0.1, -0.05) is 118 Å². The zero-order chi connectivity index (χ0) is 32.4. The molecule has 0 heterocycles. The second-order valence-corrected chi connectivity index (χ2v) is 13.0. The molecule has 0 bridgehead atoms. The highest BCUT2D eigenvalue weighted by molar-refractivity contribution is 9.09. The molecule has 256 valence electrons. The lowest BCUT2D eigenvalue weighted by Crippen LogP contribution is -2.35. The van der Waals surface area contributed by atoms with E-state index in [2.05, 4.69) is 73.2 Å². The van der Waals surface area contributed by atoms with Gasteiger partial charge in [0.2, 0.25) is 0 Å². The van der Waals surface area contributed by atoms with E-state index in [-0.39, 0.29) is 24.1 Å². The lowest BCUT2D eigenvalue weighted by Gasteiger charge is -2.27. The number of carbonyl (C=O) groups excluding carboxylic acids is 2. The van der Waals surface area contributed by atoms with Crippen molar-refractivity contribution in [1.82, 2.24) is 0 Å². The van der Waals surface area contributed by atoms with E-state index in [4.69, 9.17) is 9.47 Å². The molecule has 0 radical (unpaired) electrons. The van der Waals surface area contributed by atoms with Crippen molar-refractivity contribution in [3.05, 3.63) is 36.5 Å². The van der Waals surface area contributed by atoms with E-state index in [0.29, 0.717) is 12.8 Å². The minimum atomic E-state index is -0.388. The van der Waals surface area contributed by atoms with Crippen LogP contribution in [0.3, 0.4) is 0 Å². The zero-order valence-electron chi connectivity index (χ0n) is 29.0. The Morgan fingerprint density at radius 2 is 0.841 bits per heavy atom. The van der Waals surface area contributed by atoms with Gasteiger partial charge >= 0.3 is 11.9 Å². The number of halogens is 1. The molecule has 0 spiro atoms. The SMILES string of the molecule is CCCCC/C=C\CCCC(=O)OC(CCC/C=C\CCCCC)C(CCC/C=C\CCCCC)OC(=O)CCCCCBr. The summed E-state index contributed by atoms with van der Waals surface area (Å²) in [5.74, 6) is -0.330. The molecule has 5 heteroatoms. The predicted molar refractivity (Wildman–Crippen MR) is 193 cm³/mol. The Labute approximate surface area is 281 Å². The molecule has 0 aromatic carbocycles. The summed E-state index contributed by atoms with van der Waals surface area (Å²) in [5.41, 5.74) is 0. The van der Waals surface area contributed by atoms with E-state index >= 15 is 0 Å². The van der Waals surface area contributed by atoms with Gasteiger partial charge in [-0.3, -0.25) is 9.59 Å². The number of alkyl halides is 1. The third kappa shape index (κ3) is 29.4. The molecule has 0 aliphatic heterocycles. The van der Waals surface area contributed by atoms with Gasteiger partial charge in [-0.15, -0.1) is 0 Å². The van der Waals surface area contributed by atoms with Crippen molar-refractivity contribution in [3.8, 4) is 0 Å². The summed E-state index contributed by atoms with van der Waals surface area (Å²) in [6, 6.07) is 0. The third-order valence-electron chi connectivity index (χ3n) is 7.89. The Morgan fingerprint density at radius 1 is 0.477 bits per heavy atom. The third-order valence-corrected chi connectivity index (χ3v) is 8.45. The van der Waals surface area contributed by atoms with Gasteiger partial charge in [0.15, 0.2) is 0 Å². The van der Waals surface area contributed by atoms with E-state index in [0.717, 1.165) is 95.2 Å². The minimum absolute atomic E-state index is 0.162. The van der Waals surface area contributed by atoms with Crippen molar-refractivity contribution in [2.75, 3.05) is 5.33 Å². The maximum atomic E-state index is 13.0. The van der Waals surface area contributed by atoms with Crippen LogP contribution in [0.25, 0.3) is 0 Å². The number of unbranched alkanes of at least 4 members (excludes halogenated alkanes) is 14. The highest BCUT2D eigenvalue weighted by Crippen LogP contribution is 2.21. The van der Waals surface area contributed by atoms with Gasteiger partial charge in [0.25, 0.3) is 0 Å². The van der Waals surface area contributed by atoms with E-state index in [9.17, 15) is 9.59 Å². The van der Waals surface area contributed by atoms with Crippen LogP contribution in [0.2, 0.25) is 0 Å². The lowest BCUT2D eigenvalue weighted by molar-refractivity contribution is -0.169. The Balaban J connectivity index is 5.23. The van der Waals surface area contributed by atoms with Gasteiger partial charge in [-0.05, 0) is 103 Å². The van der Waals surface area contributed by atoms with Crippen LogP contribution in [-0.4, -0.2) is 29.5 Å². The first-order valence-electron chi connectivity index (χ1n) is 18.5. The zero-order valence-corrected chi connectivity index (χ0v) is 30.6.